The zero-order valence-corrected chi connectivity index (χ0v) is 16.8. The molecule has 0 aliphatic heterocycles. The molecule has 0 radical (unpaired) electrons. The van der Waals surface area contributed by atoms with Crippen molar-refractivity contribution in [2.45, 2.75) is 39.1 Å². The molecule has 0 bridgehead atoms. The Balaban J connectivity index is 2.33. The van der Waals surface area contributed by atoms with Crippen molar-refractivity contribution in [3.63, 3.8) is 0 Å². The van der Waals surface area contributed by atoms with Gasteiger partial charge in [0, 0.05) is 17.8 Å². The maximum atomic E-state index is 12.9. The van der Waals surface area contributed by atoms with Crippen LogP contribution in [0.25, 0.3) is 11.1 Å². The van der Waals surface area contributed by atoms with Crippen LogP contribution in [0.2, 0.25) is 0 Å². The first-order chi connectivity index (χ1) is 13.8. The number of halogens is 3. The highest BCUT2D eigenvalue weighted by atomic mass is 19.4. The summed E-state index contributed by atoms with van der Waals surface area (Å²) < 4.78 is 53.2. The number of carbonyl (C=O) groups is 1. The van der Waals surface area contributed by atoms with Gasteiger partial charge in [-0.1, -0.05) is 19.9 Å². The minimum atomic E-state index is -4.92. The third kappa shape index (κ3) is 7.43. The van der Waals surface area contributed by atoms with E-state index in [1.807, 2.05) is 13.8 Å². The van der Waals surface area contributed by atoms with Crippen LogP contribution < -0.4 is 25.7 Å². The van der Waals surface area contributed by atoms with Crippen LogP contribution in [-0.2, 0) is 0 Å². The van der Waals surface area contributed by atoms with Crippen molar-refractivity contribution >= 4 is 6.09 Å². The number of carbonyl (C=O) groups excluding carboxylic acids is 1. The van der Waals surface area contributed by atoms with Gasteiger partial charge in [-0.25, -0.2) is 9.78 Å². The monoisotopic (exact) mass is 427 g/mol. The third-order valence-corrected chi connectivity index (χ3v) is 3.87. The fourth-order valence-corrected chi connectivity index (χ4v) is 2.99. The molecule has 0 spiro atoms. The Morgan fingerprint density at radius 2 is 1.80 bits per heavy atom. The van der Waals surface area contributed by atoms with Gasteiger partial charge in [-0.05, 0) is 48.6 Å². The second-order valence-corrected chi connectivity index (χ2v) is 7.55. The van der Waals surface area contributed by atoms with Crippen LogP contribution in [0.15, 0.2) is 36.5 Å². The zero-order valence-electron chi connectivity index (χ0n) is 16.8. The molecule has 164 valence electrons. The average molecular weight is 427 g/mol. The predicted octanol–water partition coefficient (Wildman–Crippen LogP) is 4.25. The summed E-state index contributed by atoms with van der Waals surface area (Å²) in [6.45, 7) is 5.75. The number of pyridine rings is 1. The molecule has 4 N–H and O–H groups in total. The van der Waals surface area contributed by atoms with Gasteiger partial charge in [0.05, 0.1) is 0 Å². The van der Waals surface area contributed by atoms with Crippen molar-refractivity contribution in [2.75, 3.05) is 6.61 Å². The van der Waals surface area contributed by atoms with Gasteiger partial charge in [0.15, 0.2) is 11.5 Å². The van der Waals surface area contributed by atoms with Crippen LogP contribution in [0.4, 0.5) is 18.0 Å². The van der Waals surface area contributed by atoms with Crippen molar-refractivity contribution in [1.82, 2.24) is 4.98 Å². The maximum Gasteiger partial charge on any atom is 0.573 e. The molecule has 0 aliphatic rings. The lowest BCUT2D eigenvalue weighted by Gasteiger charge is -2.27. The van der Waals surface area contributed by atoms with E-state index < -0.39 is 23.7 Å². The average Bonchev–Trinajstić information content (AvgIpc) is 2.58. The first-order valence-electron chi connectivity index (χ1n) is 9.10. The Morgan fingerprint density at radius 3 is 2.40 bits per heavy atom. The largest absolute Gasteiger partial charge is 0.573 e. The first-order valence-corrected chi connectivity index (χ1v) is 9.10. The minimum absolute atomic E-state index is 0.00456. The molecule has 1 aromatic heterocycles. The van der Waals surface area contributed by atoms with Gasteiger partial charge in [-0.3, -0.25) is 0 Å². The number of hydrogen-bond acceptors (Lipinski definition) is 6. The molecule has 0 saturated carbocycles. The molecule has 0 fully saturated rings. The summed E-state index contributed by atoms with van der Waals surface area (Å²) >= 11 is 0. The van der Waals surface area contributed by atoms with E-state index in [9.17, 15) is 18.0 Å². The number of benzene rings is 1. The molecule has 30 heavy (non-hydrogen) atoms. The number of alkyl halides is 3. The SMILES string of the molecule is CC(C)CC(C)(N)COc1ccc(-c2ccnc(OC(N)=O)c2)cc1OC(F)(F)F. The first kappa shape index (κ1) is 23.3. The summed E-state index contributed by atoms with van der Waals surface area (Å²) in [6.07, 6.45) is -4.02. The van der Waals surface area contributed by atoms with E-state index in [1.165, 1.54) is 36.5 Å². The molecule has 1 aromatic carbocycles. The van der Waals surface area contributed by atoms with Crippen molar-refractivity contribution in [2.24, 2.45) is 17.4 Å². The van der Waals surface area contributed by atoms with Crippen molar-refractivity contribution in [1.29, 1.82) is 0 Å². The Labute approximate surface area is 172 Å². The van der Waals surface area contributed by atoms with Crippen molar-refractivity contribution in [3.05, 3.63) is 36.5 Å². The van der Waals surface area contributed by atoms with Gasteiger partial charge in [0.25, 0.3) is 0 Å². The lowest BCUT2D eigenvalue weighted by atomic mass is 9.93. The number of rotatable bonds is 8. The fraction of sp³-hybridized carbons (Fsp3) is 0.400. The summed E-state index contributed by atoms with van der Waals surface area (Å²) in [7, 11) is 0. The highest BCUT2D eigenvalue weighted by Crippen LogP contribution is 2.37. The molecule has 7 nitrogen and oxygen atoms in total. The van der Waals surface area contributed by atoms with Crippen LogP contribution >= 0.6 is 0 Å². The molecule has 2 aromatic rings. The Bertz CT molecular complexity index is 886. The number of primary amides is 1. The van der Waals surface area contributed by atoms with E-state index in [0.29, 0.717) is 23.5 Å². The normalized spacial score (nSPS) is 13.6. The quantitative estimate of drug-likeness (QED) is 0.652. The third-order valence-electron chi connectivity index (χ3n) is 3.87. The fourth-order valence-electron chi connectivity index (χ4n) is 2.99. The number of ether oxygens (including phenoxy) is 3. The summed E-state index contributed by atoms with van der Waals surface area (Å²) in [5.74, 6) is -0.416. The molecule has 1 unspecified atom stereocenters. The Hall–Kier alpha value is -3.01. The molecule has 2 rings (SSSR count). The smallest absolute Gasteiger partial charge is 0.488 e. The lowest BCUT2D eigenvalue weighted by molar-refractivity contribution is -0.275. The van der Waals surface area contributed by atoms with Crippen LogP contribution in [0.1, 0.15) is 27.2 Å². The number of aromatic nitrogens is 1. The topological polar surface area (TPSA) is 110 Å². The molecule has 1 heterocycles. The van der Waals surface area contributed by atoms with Gasteiger partial charge in [-0.15, -0.1) is 13.2 Å². The Kier molecular flexibility index (Phi) is 7.14. The molecule has 0 aliphatic carbocycles. The van der Waals surface area contributed by atoms with Crippen LogP contribution in [0.3, 0.4) is 0 Å². The van der Waals surface area contributed by atoms with E-state index in [1.54, 1.807) is 6.92 Å². The van der Waals surface area contributed by atoms with Gasteiger partial charge in [0.2, 0.25) is 5.88 Å². The van der Waals surface area contributed by atoms with Gasteiger partial charge >= 0.3 is 12.5 Å². The minimum Gasteiger partial charge on any atom is -0.488 e. The molecular formula is C20H24F3N3O4. The summed E-state index contributed by atoms with van der Waals surface area (Å²) in [4.78, 5) is 14.7. The molecule has 10 heteroatoms. The second kappa shape index (κ2) is 9.21. The van der Waals surface area contributed by atoms with Gasteiger partial charge in [0.1, 0.15) is 6.61 Å². The number of hydrogen-bond donors (Lipinski definition) is 2. The highest BCUT2D eigenvalue weighted by molar-refractivity contribution is 5.70. The van der Waals surface area contributed by atoms with E-state index in [2.05, 4.69) is 9.72 Å². The molecular weight excluding hydrogens is 403 g/mol. The maximum absolute atomic E-state index is 12.9. The van der Waals surface area contributed by atoms with E-state index in [0.717, 1.165) is 0 Å². The number of nitrogens with zero attached hydrogens (tertiary/aromatic N) is 1. The van der Waals surface area contributed by atoms with Gasteiger partial charge < -0.3 is 25.7 Å². The highest BCUT2D eigenvalue weighted by Gasteiger charge is 2.33. The number of nitrogens with two attached hydrogens (primary N) is 2. The standard InChI is InChI=1S/C20H24F3N3O4/c1-12(2)10-19(3,25)11-28-15-5-4-13(8-16(15)30-20(21,22)23)14-6-7-26-17(9-14)29-18(24)27/h4-9,12H,10-11,25H2,1-3H3,(H2,24,27). The molecule has 1 amide bonds. The van der Waals surface area contributed by atoms with Crippen molar-refractivity contribution < 1.29 is 32.2 Å². The van der Waals surface area contributed by atoms with Crippen LogP contribution in [0.5, 0.6) is 17.4 Å². The van der Waals surface area contributed by atoms with Crippen molar-refractivity contribution in [3.8, 4) is 28.5 Å². The lowest BCUT2D eigenvalue weighted by Crippen LogP contribution is -2.43. The number of amides is 1. The molecule has 0 saturated heterocycles. The second-order valence-electron chi connectivity index (χ2n) is 7.55. The van der Waals surface area contributed by atoms with Crippen LogP contribution in [-0.4, -0.2) is 29.6 Å². The van der Waals surface area contributed by atoms with Crippen LogP contribution in [0, 0.1) is 5.92 Å². The zero-order chi connectivity index (χ0) is 22.5. The predicted molar refractivity (Wildman–Crippen MR) is 104 cm³/mol. The van der Waals surface area contributed by atoms with E-state index in [4.69, 9.17) is 20.9 Å². The van der Waals surface area contributed by atoms with Gasteiger partial charge in [-0.2, -0.15) is 0 Å². The van der Waals surface area contributed by atoms with E-state index >= 15 is 0 Å². The summed E-state index contributed by atoms with van der Waals surface area (Å²) in [5.41, 5.74) is 11.2. The summed E-state index contributed by atoms with van der Waals surface area (Å²) in [6, 6.07) is 6.95. The Morgan fingerprint density at radius 1 is 1.13 bits per heavy atom. The summed E-state index contributed by atoms with van der Waals surface area (Å²) in [5, 5.41) is 0. The van der Waals surface area contributed by atoms with E-state index in [-0.39, 0.29) is 18.2 Å². The molecule has 1 atom stereocenters.